The minimum absolute atomic E-state index is 0.695. The van der Waals surface area contributed by atoms with E-state index in [1.165, 1.54) is 45.2 Å². The van der Waals surface area contributed by atoms with Crippen molar-refractivity contribution >= 4 is 11.6 Å². The van der Waals surface area contributed by atoms with Gasteiger partial charge in [-0.3, -0.25) is 4.90 Å². The highest BCUT2D eigenvalue weighted by atomic mass is 35.5. The van der Waals surface area contributed by atoms with Gasteiger partial charge in [-0.1, -0.05) is 18.0 Å². The van der Waals surface area contributed by atoms with Crippen LogP contribution in [0.2, 0.25) is 5.02 Å². The van der Waals surface area contributed by atoms with Crippen LogP contribution < -0.4 is 10.1 Å². The standard InChI is InChI=1S/C17H25ClN2O/c18-14-6-8-15(9-7-14)21-13-12-20-11-2-1-5-17(20)16-4-3-10-19-16/h6-9,16-17,19H,1-5,10-13H2. The van der Waals surface area contributed by atoms with Gasteiger partial charge in [0.2, 0.25) is 0 Å². The van der Waals surface area contributed by atoms with Gasteiger partial charge in [0, 0.05) is 23.7 Å². The Hall–Kier alpha value is -0.770. The number of hydrogen-bond acceptors (Lipinski definition) is 3. The van der Waals surface area contributed by atoms with Crippen LogP contribution in [0.25, 0.3) is 0 Å². The molecule has 3 rings (SSSR count). The maximum Gasteiger partial charge on any atom is 0.119 e. The molecule has 2 unspecified atom stereocenters. The van der Waals surface area contributed by atoms with Crippen LogP contribution in [0.5, 0.6) is 5.75 Å². The van der Waals surface area contributed by atoms with Gasteiger partial charge < -0.3 is 10.1 Å². The number of benzene rings is 1. The lowest BCUT2D eigenvalue weighted by atomic mass is 9.94. The zero-order valence-corrected chi connectivity index (χ0v) is 13.3. The van der Waals surface area contributed by atoms with E-state index in [2.05, 4.69) is 10.2 Å². The minimum atomic E-state index is 0.695. The molecule has 2 heterocycles. The molecule has 2 fully saturated rings. The molecule has 1 N–H and O–H groups in total. The molecule has 0 aromatic heterocycles. The van der Waals surface area contributed by atoms with Crippen LogP contribution in [0, 0.1) is 0 Å². The molecular weight excluding hydrogens is 284 g/mol. The van der Waals surface area contributed by atoms with Gasteiger partial charge in [-0.15, -0.1) is 0 Å². The number of rotatable bonds is 5. The summed E-state index contributed by atoms with van der Waals surface area (Å²) < 4.78 is 5.85. The Morgan fingerprint density at radius 3 is 2.76 bits per heavy atom. The van der Waals surface area contributed by atoms with Crippen molar-refractivity contribution < 1.29 is 4.74 Å². The zero-order valence-electron chi connectivity index (χ0n) is 12.6. The van der Waals surface area contributed by atoms with Crippen molar-refractivity contribution in [2.45, 2.75) is 44.2 Å². The number of nitrogens with zero attached hydrogens (tertiary/aromatic N) is 1. The first-order valence-corrected chi connectivity index (χ1v) is 8.56. The van der Waals surface area contributed by atoms with Crippen LogP contribution in [0.1, 0.15) is 32.1 Å². The number of piperidine rings is 1. The van der Waals surface area contributed by atoms with Crippen molar-refractivity contribution in [2.24, 2.45) is 0 Å². The molecule has 0 amide bonds. The van der Waals surface area contributed by atoms with Crippen LogP contribution in [-0.2, 0) is 0 Å². The Morgan fingerprint density at radius 2 is 2.00 bits per heavy atom. The van der Waals surface area contributed by atoms with Gasteiger partial charge >= 0.3 is 0 Å². The fraction of sp³-hybridized carbons (Fsp3) is 0.647. The lowest BCUT2D eigenvalue weighted by molar-refractivity contribution is 0.101. The first-order valence-electron chi connectivity index (χ1n) is 8.19. The molecule has 3 nitrogen and oxygen atoms in total. The number of halogens is 1. The fourth-order valence-electron chi connectivity index (χ4n) is 3.60. The fourth-order valence-corrected chi connectivity index (χ4v) is 3.73. The lowest BCUT2D eigenvalue weighted by Crippen LogP contribution is -2.51. The van der Waals surface area contributed by atoms with Gasteiger partial charge in [0.05, 0.1) is 0 Å². The zero-order chi connectivity index (χ0) is 14.5. The van der Waals surface area contributed by atoms with Gasteiger partial charge in [0.25, 0.3) is 0 Å². The molecule has 4 heteroatoms. The Kier molecular flexibility index (Phi) is 5.39. The summed E-state index contributed by atoms with van der Waals surface area (Å²) in [5.74, 6) is 0.909. The van der Waals surface area contributed by atoms with E-state index >= 15 is 0 Å². The number of likely N-dealkylation sites (tertiary alicyclic amines) is 1. The molecule has 0 radical (unpaired) electrons. The summed E-state index contributed by atoms with van der Waals surface area (Å²) in [7, 11) is 0. The molecule has 116 valence electrons. The highest BCUT2D eigenvalue weighted by Crippen LogP contribution is 2.24. The maximum absolute atomic E-state index is 5.89. The third-order valence-electron chi connectivity index (χ3n) is 4.69. The molecule has 21 heavy (non-hydrogen) atoms. The molecule has 1 aromatic rings. The average molecular weight is 309 g/mol. The summed E-state index contributed by atoms with van der Waals surface area (Å²) in [4.78, 5) is 2.63. The average Bonchev–Trinajstić information content (AvgIpc) is 3.04. The van der Waals surface area contributed by atoms with E-state index in [-0.39, 0.29) is 0 Å². The molecule has 0 spiro atoms. The summed E-state index contributed by atoms with van der Waals surface area (Å²) in [5, 5.41) is 4.43. The normalized spacial score (nSPS) is 26.9. The van der Waals surface area contributed by atoms with Crippen molar-refractivity contribution in [2.75, 3.05) is 26.2 Å². The van der Waals surface area contributed by atoms with E-state index in [1.54, 1.807) is 0 Å². The van der Waals surface area contributed by atoms with E-state index in [4.69, 9.17) is 16.3 Å². The predicted molar refractivity (Wildman–Crippen MR) is 87.2 cm³/mol. The van der Waals surface area contributed by atoms with Gasteiger partial charge in [-0.25, -0.2) is 0 Å². The second-order valence-corrected chi connectivity index (χ2v) is 6.54. The molecule has 2 aliphatic heterocycles. The number of hydrogen-bond donors (Lipinski definition) is 1. The number of nitrogens with one attached hydrogen (secondary N) is 1. The third-order valence-corrected chi connectivity index (χ3v) is 4.94. The molecule has 0 aliphatic carbocycles. The third kappa shape index (κ3) is 4.12. The molecule has 2 atom stereocenters. The smallest absolute Gasteiger partial charge is 0.119 e. The van der Waals surface area contributed by atoms with Crippen molar-refractivity contribution in [1.82, 2.24) is 10.2 Å². The second kappa shape index (κ2) is 7.48. The van der Waals surface area contributed by atoms with E-state index in [0.717, 1.165) is 23.9 Å². The molecule has 2 saturated heterocycles. The van der Waals surface area contributed by atoms with E-state index < -0.39 is 0 Å². The van der Waals surface area contributed by atoms with Crippen molar-refractivity contribution in [3.05, 3.63) is 29.3 Å². The highest BCUT2D eigenvalue weighted by Gasteiger charge is 2.31. The van der Waals surface area contributed by atoms with Gasteiger partial charge in [-0.05, 0) is 63.0 Å². The van der Waals surface area contributed by atoms with Crippen LogP contribution in [0.15, 0.2) is 24.3 Å². The summed E-state index contributed by atoms with van der Waals surface area (Å²) in [5.41, 5.74) is 0. The van der Waals surface area contributed by atoms with Crippen LogP contribution in [0.4, 0.5) is 0 Å². The van der Waals surface area contributed by atoms with Gasteiger partial charge in [0.1, 0.15) is 12.4 Å². The largest absolute Gasteiger partial charge is 0.492 e. The summed E-state index contributed by atoms with van der Waals surface area (Å²) in [6, 6.07) is 9.03. The Balaban J connectivity index is 1.49. The summed E-state index contributed by atoms with van der Waals surface area (Å²) >= 11 is 5.89. The van der Waals surface area contributed by atoms with Crippen molar-refractivity contribution in [3.8, 4) is 5.75 Å². The Morgan fingerprint density at radius 1 is 1.14 bits per heavy atom. The first-order chi connectivity index (χ1) is 10.3. The van der Waals surface area contributed by atoms with E-state index in [1.807, 2.05) is 24.3 Å². The van der Waals surface area contributed by atoms with Crippen LogP contribution >= 0.6 is 11.6 Å². The molecular formula is C17H25ClN2O. The quantitative estimate of drug-likeness (QED) is 0.903. The van der Waals surface area contributed by atoms with Gasteiger partial charge in [0.15, 0.2) is 0 Å². The summed E-state index contributed by atoms with van der Waals surface area (Å²) in [6.07, 6.45) is 6.69. The molecule has 0 saturated carbocycles. The minimum Gasteiger partial charge on any atom is -0.492 e. The van der Waals surface area contributed by atoms with Crippen LogP contribution in [-0.4, -0.2) is 43.2 Å². The lowest BCUT2D eigenvalue weighted by Gasteiger charge is -2.39. The highest BCUT2D eigenvalue weighted by molar-refractivity contribution is 6.30. The Labute approximate surface area is 132 Å². The molecule has 2 aliphatic rings. The predicted octanol–water partition coefficient (Wildman–Crippen LogP) is 3.33. The van der Waals surface area contributed by atoms with Crippen molar-refractivity contribution in [3.63, 3.8) is 0 Å². The first kappa shape index (κ1) is 15.1. The Bertz CT molecular complexity index is 431. The van der Waals surface area contributed by atoms with Crippen molar-refractivity contribution in [1.29, 1.82) is 0 Å². The molecule has 0 bridgehead atoms. The topological polar surface area (TPSA) is 24.5 Å². The SMILES string of the molecule is Clc1ccc(OCCN2CCCCC2C2CCCN2)cc1. The van der Waals surface area contributed by atoms with Gasteiger partial charge in [-0.2, -0.15) is 0 Å². The second-order valence-electron chi connectivity index (χ2n) is 6.10. The van der Waals surface area contributed by atoms with Crippen LogP contribution in [0.3, 0.4) is 0 Å². The number of ether oxygens (including phenoxy) is 1. The monoisotopic (exact) mass is 308 g/mol. The summed E-state index contributed by atoms with van der Waals surface area (Å²) in [6.45, 7) is 4.18. The van der Waals surface area contributed by atoms with E-state index in [0.29, 0.717) is 12.1 Å². The van der Waals surface area contributed by atoms with E-state index in [9.17, 15) is 0 Å². The molecule has 1 aromatic carbocycles. The maximum atomic E-state index is 5.89.